The Morgan fingerprint density at radius 3 is 2.44 bits per heavy atom. The van der Waals surface area contributed by atoms with E-state index in [0.717, 1.165) is 16.7 Å². The molecule has 0 radical (unpaired) electrons. The van der Waals surface area contributed by atoms with Crippen LogP contribution in [0.5, 0.6) is 5.75 Å². The van der Waals surface area contributed by atoms with Gasteiger partial charge in [0.1, 0.15) is 11.1 Å². The zero-order valence-corrected chi connectivity index (χ0v) is 14.9. The van der Waals surface area contributed by atoms with Gasteiger partial charge >= 0.3 is 5.69 Å². The molecule has 6 nitrogen and oxygen atoms in total. The molecule has 3 aromatic rings. The minimum Gasteiger partial charge on any atom is -0.493 e. The van der Waals surface area contributed by atoms with Crippen molar-refractivity contribution < 1.29 is 4.74 Å². The van der Waals surface area contributed by atoms with Gasteiger partial charge in [-0.2, -0.15) is 0 Å². The van der Waals surface area contributed by atoms with Crippen molar-refractivity contribution >= 4 is 11.0 Å². The molecule has 0 aliphatic rings. The molecule has 2 heterocycles. The number of hydrogen-bond acceptors (Lipinski definition) is 4. The molecule has 25 heavy (non-hydrogen) atoms. The summed E-state index contributed by atoms with van der Waals surface area (Å²) in [4.78, 5) is 30.0. The third-order valence-corrected chi connectivity index (χ3v) is 4.23. The van der Waals surface area contributed by atoms with Crippen LogP contribution in [0.15, 0.2) is 40.1 Å². The number of aryl methyl sites for hydroxylation is 3. The lowest BCUT2D eigenvalue weighted by Gasteiger charge is -2.14. The first kappa shape index (κ1) is 17.0. The second kappa shape index (κ2) is 6.55. The van der Waals surface area contributed by atoms with E-state index in [0.29, 0.717) is 23.4 Å². The Bertz CT molecular complexity index is 1050. The molecule has 0 fully saturated rings. The molecule has 0 saturated carbocycles. The van der Waals surface area contributed by atoms with Crippen LogP contribution in [-0.2, 0) is 13.6 Å². The van der Waals surface area contributed by atoms with Crippen molar-refractivity contribution in [1.82, 2.24) is 14.1 Å². The van der Waals surface area contributed by atoms with Crippen molar-refractivity contribution in [1.29, 1.82) is 0 Å². The number of aromatic nitrogens is 3. The van der Waals surface area contributed by atoms with Gasteiger partial charge in [-0.25, -0.2) is 9.78 Å². The highest BCUT2D eigenvalue weighted by Gasteiger charge is 2.18. The first-order valence-corrected chi connectivity index (χ1v) is 8.21. The van der Waals surface area contributed by atoms with Gasteiger partial charge in [0.2, 0.25) is 0 Å². The van der Waals surface area contributed by atoms with Crippen molar-refractivity contribution in [3.05, 3.63) is 68.0 Å². The summed E-state index contributed by atoms with van der Waals surface area (Å²) in [6.07, 6.45) is 1.62. The molecule has 0 atom stereocenters. The van der Waals surface area contributed by atoms with E-state index >= 15 is 0 Å². The Hall–Kier alpha value is -2.89. The van der Waals surface area contributed by atoms with Gasteiger partial charge < -0.3 is 4.74 Å². The standard InChI is InChI=1S/C19H21N3O3/c1-5-25-16-13(3)10-20-17-15(16)18(23)22(19(24)21(17)4)11-14-8-6-12(2)7-9-14/h6-10H,5,11H2,1-4H3. The van der Waals surface area contributed by atoms with Crippen molar-refractivity contribution in [3.63, 3.8) is 0 Å². The molecule has 3 rings (SSSR count). The fourth-order valence-corrected chi connectivity index (χ4v) is 2.87. The summed E-state index contributed by atoms with van der Waals surface area (Å²) in [6.45, 7) is 6.33. The normalized spacial score (nSPS) is 11.0. The van der Waals surface area contributed by atoms with Crippen LogP contribution < -0.4 is 16.0 Å². The van der Waals surface area contributed by atoms with Crippen LogP contribution in [0.3, 0.4) is 0 Å². The maximum atomic E-state index is 13.1. The highest BCUT2D eigenvalue weighted by Crippen LogP contribution is 2.24. The molecule has 0 unspecified atom stereocenters. The van der Waals surface area contributed by atoms with E-state index in [2.05, 4.69) is 4.98 Å². The zero-order valence-electron chi connectivity index (χ0n) is 14.9. The van der Waals surface area contributed by atoms with Crippen LogP contribution in [0.1, 0.15) is 23.6 Å². The molecular formula is C19H21N3O3. The van der Waals surface area contributed by atoms with Crippen molar-refractivity contribution in [2.45, 2.75) is 27.3 Å². The lowest BCUT2D eigenvalue weighted by atomic mass is 10.1. The average molecular weight is 339 g/mol. The van der Waals surface area contributed by atoms with Crippen LogP contribution in [0.4, 0.5) is 0 Å². The molecule has 0 aliphatic carbocycles. The Balaban J connectivity index is 2.29. The lowest BCUT2D eigenvalue weighted by molar-refractivity contribution is 0.341. The van der Waals surface area contributed by atoms with Crippen molar-refractivity contribution in [2.24, 2.45) is 7.05 Å². The summed E-state index contributed by atoms with van der Waals surface area (Å²) >= 11 is 0. The number of ether oxygens (including phenoxy) is 1. The van der Waals surface area contributed by atoms with Gasteiger partial charge in [0.05, 0.1) is 13.2 Å². The first-order valence-electron chi connectivity index (χ1n) is 8.21. The first-order chi connectivity index (χ1) is 11.9. The molecule has 1 aromatic carbocycles. The van der Waals surface area contributed by atoms with Crippen LogP contribution in [0.2, 0.25) is 0 Å². The molecular weight excluding hydrogens is 318 g/mol. The Kier molecular flexibility index (Phi) is 4.44. The third-order valence-electron chi connectivity index (χ3n) is 4.23. The van der Waals surface area contributed by atoms with Crippen LogP contribution in [0, 0.1) is 13.8 Å². The molecule has 0 amide bonds. The Morgan fingerprint density at radius 2 is 1.80 bits per heavy atom. The summed E-state index contributed by atoms with van der Waals surface area (Å²) in [5, 5.41) is 0.344. The molecule has 6 heteroatoms. The third kappa shape index (κ3) is 2.95. The average Bonchev–Trinajstić information content (AvgIpc) is 2.60. The molecule has 0 N–H and O–H groups in total. The van der Waals surface area contributed by atoms with Gasteiger partial charge in [0.15, 0.2) is 5.65 Å². The van der Waals surface area contributed by atoms with E-state index in [1.165, 1.54) is 9.13 Å². The van der Waals surface area contributed by atoms with Gasteiger partial charge in [-0.1, -0.05) is 29.8 Å². The van der Waals surface area contributed by atoms with E-state index in [4.69, 9.17) is 4.74 Å². The number of rotatable bonds is 4. The maximum absolute atomic E-state index is 13.1. The van der Waals surface area contributed by atoms with Crippen LogP contribution in [-0.4, -0.2) is 20.7 Å². The summed E-state index contributed by atoms with van der Waals surface area (Å²) in [7, 11) is 1.62. The molecule has 0 bridgehead atoms. The number of benzene rings is 1. The van der Waals surface area contributed by atoms with Gasteiger partial charge in [0.25, 0.3) is 5.56 Å². The fourth-order valence-electron chi connectivity index (χ4n) is 2.87. The Morgan fingerprint density at radius 1 is 1.12 bits per heavy atom. The molecule has 0 spiro atoms. The SMILES string of the molecule is CCOc1c(C)cnc2c1c(=O)n(Cc1ccc(C)cc1)c(=O)n2C. The van der Waals surface area contributed by atoms with Gasteiger partial charge in [-0.15, -0.1) is 0 Å². The summed E-state index contributed by atoms with van der Waals surface area (Å²) in [6, 6.07) is 7.76. The minimum absolute atomic E-state index is 0.210. The summed E-state index contributed by atoms with van der Waals surface area (Å²) in [5.41, 5.74) is 2.36. The second-order valence-electron chi connectivity index (χ2n) is 6.12. The number of fused-ring (bicyclic) bond motifs is 1. The van der Waals surface area contributed by atoms with E-state index < -0.39 is 5.69 Å². The fraction of sp³-hybridized carbons (Fsp3) is 0.316. The van der Waals surface area contributed by atoms with Crippen molar-refractivity contribution in [2.75, 3.05) is 6.61 Å². The summed E-state index contributed by atoms with van der Waals surface area (Å²) < 4.78 is 8.31. The topological polar surface area (TPSA) is 66.1 Å². The van der Waals surface area contributed by atoms with Crippen molar-refractivity contribution in [3.8, 4) is 5.75 Å². The molecule has 0 aliphatic heterocycles. The zero-order chi connectivity index (χ0) is 18.1. The molecule has 2 aromatic heterocycles. The smallest absolute Gasteiger partial charge is 0.332 e. The minimum atomic E-state index is -0.392. The quantitative estimate of drug-likeness (QED) is 0.731. The van der Waals surface area contributed by atoms with E-state index in [1.54, 1.807) is 13.2 Å². The van der Waals surface area contributed by atoms with E-state index in [9.17, 15) is 9.59 Å². The lowest BCUT2D eigenvalue weighted by Crippen LogP contribution is -2.39. The highest BCUT2D eigenvalue weighted by atomic mass is 16.5. The Labute approximate surface area is 145 Å². The predicted octanol–water partition coefficient (Wildman–Crippen LogP) is 2.16. The highest BCUT2D eigenvalue weighted by molar-refractivity contribution is 5.82. The predicted molar refractivity (Wildman–Crippen MR) is 97.4 cm³/mol. The van der Waals surface area contributed by atoms with E-state index in [-0.39, 0.29) is 12.1 Å². The van der Waals surface area contributed by atoms with Crippen LogP contribution in [0.25, 0.3) is 11.0 Å². The monoisotopic (exact) mass is 339 g/mol. The second-order valence-corrected chi connectivity index (χ2v) is 6.12. The van der Waals surface area contributed by atoms with Gasteiger partial charge in [0, 0.05) is 18.8 Å². The van der Waals surface area contributed by atoms with Gasteiger partial charge in [-0.05, 0) is 26.3 Å². The molecule has 0 saturated heterocycles. The number of nitrogens with zero attached hydrogens (tertiary/aromatic N) is 3. The van der Waals surface area contributed by atoms with Gasteiger partial charge in [-0.3, -0.25) is 13.9 Å². The van der Waals surface area contributed by atoms with E-state index in [1.807, 2.05) is 45.0 Å². The number of hydrogen-bond donors (Lipinski definition) is 0. The maximum Gasteiger partial charge on any atom is 0.332 e. The largest absolute Gasteiger partial charge is 0.493 e. The van der Waals surface area contributed by atoms with Crippen LogP contribution >= 0.6 is 0 Å². The molecule has 130 valence electrons. The summed E-state index contributed by atoms with van der Waals surface area (Å²) in [5.74, 6) is 0.491. The number of pyridine rings is 1.